The minimum absolute atomic E-state index is 0.164. The van der Waals surface area contributed by atoms with Crippen molar-refractivity contribution in [2.45, 2.75) is 26.0 Å². The van der Waals surface area contributed by atoms with Gasteiger partial charge in [-0.3, -0.25) is 10.2 Å². The molecule has 1 saturated heterocycles. The Kier molecular flexibility index (Phi) is 6.80. The van der Waals surface area contributed by atoms with E-state index in [0.717, 1.165) is 11.3 Å². The quantitative estimate of drug-likeness (QED) is 0.564. The van der Waals surface area contributed by atoms with E-state index in [0.29, 0.717) is 23.6 Å². The predicted molar refractivity (Wildman–Crippen MR) is 120 cm³/mol. The first-order valence-corrected chi connectivity index (χ1v) is 10.6. The van der Waals surface area contributed by atoms with Gasteiger partial charge in [-0.15, -0.1) is 0 Å². The largest absolute Gasteiger partial charge is 0.467 e. The lowest BCUT2D eigenvalue weighted by atomic mass is 10.1. The molecule has 11 heteroatoms. The predicted octanol–water partition coefficient (Wildman–Crippen LogP) is 2.74. The van der Waals surface area contributed by atoms with E-state index in [9.17, 15) is 9.18 Å². The molecule has 1 aromatic carbocycles. The first kappa shape index (κ1) is 22.6. The molecular formula is C22H26FN7O3. The smallest absolute Gasteiger partial charge is 0.320 e. The lowest BCUT2D eigenvalue weighted by molar-refractivity contribution is -0.142. The van der Waals surface area contributed by atoms with Crippen molar-refractivity contribution >= 4 is 11.8 Å². The second-order valence-corrected chi connectivity index (χ2v) is 7.62. The molecule has 0 saturated carbocycles. The Morgan fingerprint density at radius 1 is 1.27 bits per heavy atom. The number of methoxy groups -OCH3 is 1. The van der Waals surface area contributed by atoms with Gasteiger partial charge in [-0.1, -0.05) is 18.2 Å². The molecule has 0 bridgehead atoms. The van der Waals surface area contributed by atoms with E-state index in [1.165, 1.54) is 12.2 Å². The third-order valence-corrected chi connectivity index (χ3v) is 5.37. The third kappa shape index (κ3) is 4.94. The molecule has 1 fully saturated rings. The van der Waals surface area contributed by atoms with E-state index in [4.69, 9.17) is 14.7 Å². The average molecular weight is 455 g/mol. The normalized spacial score (nSPS) is 18.3. The number of hydrogen-bond acceptors (Lipinski definition) is 7. The van der Waals surface area contributed by atoms with Crippen LogP contribution in [0.3, 0.4) is 0 Å². The number of para-hydroxylation sites is 1. The number of carbonyl (C=O) groups is 1. The van der Waals surface area contributed by atoms with Gasteiger partial charge in [0, 0.05) is 30.1 Å². The molecule has 0 unspecified atom stereocenters. The minimum atomic E-state index is -0.515. The monoisotopic (exact) mass is 455 g/mol. The van der Waals surface area contributed by atoms with Gasteiger partial charge in [0.15, 0.2) is 0 Å². The summed E-state index contributed by atoms with van der Waals surface area (Å²) in [5.74, 6) is 0.511. The van der Waals surface area contributed by atoms with Crippen molar-refractivity contribution in [3.05, 3.63) is 48.3 Å². The van der Waals surface area contributed by atoms with Crippen LogP contribution in [-0.4, -0.2) is 69.9 Å². The van der Waals surface area contributed by atoms with Gasteiger partial charge in [-0.2, -0.15) is 10.2 Å². The topological polar surface area (TPSA) is 106 Å². The van der Waals surface area contributed by atoms with Crippen LogP contribution in [0.15, 0.2) is 42.7 Å². The second-order valence-electron chi connectivity index (χ2n) is 7.62. The van der Waals surface area contributed by atoms with Crippen molar-refractivity contribution in [1.82, 2.24) is 30.1 Å². The van der Waals surface area contributed by atoms with Crippen LogP contribution >= 0.6 is 0 Å². The van der Waals surface area contributed by atoms with Gasteiger partial charge in [0.1, 0.15) is 18.2 Å². The van der Waals surface area contributed by atoms with Crippen molar-refractivity contribution in [3.63, 3.8) is 0 Å². The average Bonchev–Trinajstić information content (AvgIpc) is 3.33. The molecule has 2 aromatic heterocycles. The fraction of sp³-hybridized carbons (Fsp3) is 0.364. The van der Waals surface area contributed by atoms with Gasteiger partial charge in [-0.25, -0.2) is 23.8 Å². The molecule has 3 aromatic rings. The van der Waals surface area contributed by atoms with Crippen molar-refractivity contribution in [2.24, 2.45) is 0 Å². The summed E-state index contributed by atoms with van der Waals surface area (Å²) in [4.78, 5) is 26.8. The SMILES string of the molecule is COc1ncc(-c2nn(-c3ccccc3)c(NC(=O)N[C@@H]3CN(CCF)O[C@H]3C)c2C)cn1. The zero-order valence-corrected chi connectivity index (χ0v) is 18.7. The molecule has 0 spiro atoms. The third-order valence-electron chi connectivity index (χ3n) is 5.37. The molecule has 4 rings (SSSR count). The Morgan fingerprint density at radius 3 is 2.67 bits per heavy atom. The minimum Gasteiger partial charge on any atom is -0.467 e. The van der Waals surface area contributed by atoms with Gasteiger partial charge in [0.05, 0.1) is 31.5 Å². The van der Waals surface area contributed by atoms with Gasteiger partial charge < -0.3 is 10.1 Å². The fourth-order valence-electron chi connectivity index (χ4n) is 3.65. The molecule has 2 atom stereocenters. The summed E-state index contributed by atoms with van der Waals surface area (Å²) >= 11 is 0. The van der Waals surface area contributed by atoms with Gasteiger partial charge in [-0.05, 0) is 26.0 Å². The molecule has 2 amide bonds. The number of nitrogens with one attached hydrogen (secondary N) is 2. The number of alkyl halides is 1. The summed E-state index contributed by atoms with van der Waals surface area (Å²) in [6.45, 7) is 3.76. The number of benzene rings is 1. The Balaban J connectivity index is 1.61. The fourth-order valence-corrected chi connectivity index (χ4v) is 3.65. The highest BCUT2D eigenvalue weighted by Gasteiger charge is 2.32. The number of hydrogen-bond donors (Lipinski definition) is 2. The van der Waals surface area contributed by atoms with Crippen LogP contribution in [0.25, 0.3) is 16.9 Å². The van der Waals surface area contributed by atoms with E-state index >= 15 is 0 Å². The van der Waals surface area contributed by atoms with Crippen LogP contribution in [-0.2, 0) is 4.84 Å². The summed E-state index contributed by atoms with van der Waals surface area (Å²) in [5, 5.41) is 12.1. The molecule has 1 aliphatic rings. The van der Waals surface area contributed by atoms with Crippen LogP contribution in [0.2, 0.25) is 0 Å². The van der Waals surface area contributed by atoms with Gasteiger partial charge in [0.25, 0.3) is 0 Å². The number of ether oxygens (including phenoxy) is 1. The number of rotatable bonds is 7. The number of carbonyl (C=O) groups excluding carboxylic acids is 1. The molecular weight excluding hydrogens is 429 g/mol. The first-order chi connectivity index (χ1) is 16.0. The number of halogens is 1. The van der Waals surface area contributed by atoms with Crippen LogP contribution in [0.1, 0.15) is 12.5 Å². The maximum atomic E-state index is 12.9. The number of amides is 2. The molecule has 33 heavy (non-hydrogen) atoms. The Bertz CT molecular complexity index is 1090. The molecule has 3 heterocycles. The molecule has 2 N–H and O–H groups in total. The Hall–Kier alpha value is -3.57. The molecule has 0 radical (unpaired) electrons. The van der Waals surface area contributed by atoms with E-state index in [2.05, 4.69) is 20.6 Å². The number of nitrogens with zero attached hydrogens (tertiary/aromatic N) is 5. The van der Waals surface area contributed by atoms with Crippen molar-refractivity contribution in [1.29, 1.82) is 0 Å². The van der Waals surface area contributed by atoms with Crippen LogP contribution in [0.4, 0.5) is 15.0 Å². The number of aromatic nitrogens is 4. The van der Waals surface area contributed by atoms with Crippen LogP contribution in [0.5, 0.6) is 6.01 Å². The first-order valence-electron chi connectivity index (χ1n) is 10.6. The van der Waals surface area contributed by atoms with Crippen molar-refractivity contribution < 1.29 is 18.8 Å². The molecule has 174 valence electrons. The van der Waals surface area contributed by atoms with Gasteiger partial charge >= 0.3 is 12.0 Å². The van der Waals surface area contributed by atoms with Crippen molar-refractivity contribution in [2.75, 3.05) is 32.2 Å². The summed E-state index contributed by atoms with van der Waals surface area (Å²) in [6.07, 6.45) is 2.98. The lowest BCUT2D eigenvalue weighted by Gasteiger charge is -2.16. The van der Waals surface area contributed by atoms with Crippen molar-refractivity contribution in [3.8, 4) is 23.0 Å². The standard InChI is InChI=1S/C22H26FN7O3/c1-14-19(16-11-24-22(32-3)25-12-16)28-30(17-7-5-4-6-8-17)20(14)27-21(31)26-18-13-29(10-9-23)33-15(18)2/h4-8,11-12,15,18H,9-10,13H2,1-3H3,(H2,26,27,31)/t15-,18+/m0/s1. The second kappa shape index (κ2) is 9.92. The molecule has 10 nitrogen and oxygen atoms in total. The van der Waals surface area contributed by atoms with E-state index in [1.807, 2.05) is 44.2 Å². The maximum Gasteiger partial charge on any atom is 0.320 e. The highest BCUT2D eigenvalue weighted by Crippen LogP contribution is 2.30. The summed E-state index contributed by atoms with van der Waals surface area (Å²) in [7, 11) is 1.50. The molecule has 0 aliphatic carbocycles. The van der Waals surface area contributed by atoms with Crippen LogP contribution < -0.4 is 15.4 Å². The number of urea groups is 1. The summed E-state index contributed by atoms with van der Waals surface area (Å²) in [6, 6.07) is 9.05. The van der Waals surface area contributed by atoms with E-state index in [-0.39, 0.29) is 24.7 Å². The Morgan fingerprint density at radius 2 is 2.00 bits per heavy atom. The zero-order valence-electron chi connectivity index (χ0n) is 18.7. The Labute approximate surface area is 190 Å². The number of anilines is 1. The van der Waals surface area contributed by atoms with Crippen LogP contribution in [0, 0.1) is 6.92 Å². The lowest BCUT2D eigenvalue weighted by Crippen LogP contribution is -2.44. The maximum absolute atomic E-state index is 12.9. The highest BCUT2D eigenvalue weighted by atomic mass is 19.1. The van der Waals surface area contributed by atoms with Gasteiger partial charge in [0.2, 0.25) is 0 Å². The van der Waals surface area contributed by atoms with E-state index in [1.54, 1.807) is 17.1 Å². The summed E-state index contributed by atoms with van der Waals surface area (Å²) in [5.41, 5.74) is 2.84. The number of hydroxylamine groups is 2. The highest BCUT2D eigenvalue weighted by molar-refractivity contribution is 5.91. The van der Waals surface area contributed by atoms with E-state index < -0.39 is 12.7 Å². The zero-order chi connectivity index (χ0) is 23.4. The molecule has 1 aliphatic heterocycles. The summed E-state index contributed by atoms with van der Waals surface area (Å²) < 4.78 is 19.3.